The van der Waals surface area contributed by atoms with Crippen molar-refractivity contribution < 1.29 is 18.1 Å². The fraction of sp³-hybridized carbons (Fsp3) is 0.250. The highest BCUT2D eigenvalue weighted by Crippen LogP contribution is 2.37. The second kappa shape index (κ2) is 5.68. The molecule has 112 valence electrons. The monoisotopic (exact) mass is 317 g/mol. The van der Waals surface area contributed by atoms with Crippen LogP contribution >= 0.6 is 11.3 Å². The minimum atomic E-state index is -4.67. The van der Waals surface area contributed by atoms with E-state index in [1.54, 1.807) is 12.3 Å². The molecule has 0 spiro atoms. The van der Waals surface area contributed by atoms with Crippen molar-refractivity contribution in [2.24, 2.45) is 0 Å². The summed E-state index contributed by atoms with van der Waals surface area (Å²) in [7, 11) is 0. The van der Waals surface area contributed by atoms with E-state index in [2.05, 4.69) is 10.3 Å². The van der Waals surface area contributed by atoms with E-state index < -0.39 is 22.4 Å². The summed E-state index contributed by atoms with van der Waals surface area (Å²) in [6.07, 6.45) is -4.67. The van der Waals surface area contributed by atoms with Gasteiger partial charge in [0.25, 0.3) is 5.69 Å². The maximum absolute atomic E-state index is 12.9. The first kappa shape index (κ1) is 15.2. The number of aromatic nitrogens is 1. The molecule has 0 unspecified atom stereocenters. The Labute approximate surface area is 121 Å². The zero-order valence-electron chi connectivity index (χ0n) is 10.8. The van der Waals surface area contributed by atoms with E-state index in [1.165, 1.54) is 11.3 Å². The SMILES string of the molecule is Cc1nc(CNc2ccc([N+](=O)[O-])cc2C(F)(F)F)cs1. The topological polar surface area (TPSA) is 68.1 Å². The number of nitro groups is 1. The van der Waals surface area contributed by atoms with E-state index in [1.807, 2.05) is 0 Å². The molecule has 5 nitrogen and oxygen atoms in total. The molecule has 0 atom stereocenters. The highest BCUT2D eigenvalue weighted by Gasteiger charge is 2.35. The van der Waals surface area contributed by atoms with Crippen molar-refractivity contribution in [1.82, 2.24) is 4.98 Å². The van der Waals surface area contributed by atoms with Crippen molar-refractivity contribution in [3.05, 3.63) is 50.0 Å². The standard InChI is InChI=1S/C12H10F3N3O2S/c1-7-17-8(6-21-7)5-16-11-3-2-9(18(19)20)4-10(11)12(13,14)15/h2-4,6,16H,5H2,1H3. The van der Waals surface area contributed by atoms with Crippen LogP contribution in [0, 0.1) is 17.0 Å². The van der Waals surface area contributed by atoms with Gasteiger partial charge in [0, 0.05) is 23.2 Å². The molecule has 0 fully saturated rings. The van der Waals surface area contributed by atoms with E-state index in [0.717, 1.165) is 17.1 Å². The summed E-state index contributed by atoms with van der Waals surface area (Å²) in [5.74, 6) is 0. The van der Waals surface area contributed by atoms with Crippen LogP contribution in [0.1, 0.15) is 16.3 Å². The zero-order valence-corrected chi connectivity index (χ0v) is 11.6. The molecule has 1 aromatic heterocycles. The van der Waals surface area contributed by atoms with Gasteiger partial charge in [0.15, 0.2) is 0 Å². The number of thiazole rings is 1. The first-order chi connectivity index (χ1) is 9.77. The fourth-order valence-electron chi connectivity index (χ4n) is 1.71. The van der Waals surface area contributed by atoms with Gasteiger partial charge in [-0.05, 0) is 13.0 Å². The Kier molecular flexibility index (Phi) is 4.12. The Bertz CT molecular complexity index is 670. The second-order valence-corrected chi connectivity index (χ2v) is 5.26. The van der Waals surface area contributed by atoms with Crippen molar-refractivity contribution in [2.75, 3.05) is 5.32 Å². The summed E-state index contributed by atoms with van der Waals surface area (Å²) < 4.78 is 38.8. The number of anilines is 1. The molecule has 1 aromatic carbocycles. The molecule has 9 heteroatoms. The smallest absolute Gasteiger partial charge is 0.379 e. The molecule has 2 aromatic rings. The number of nitrogens with zero attached hydrogens (tertiary/aromatic N) is 2. The van der Waals surface area contributed by atoms with E-state index in [9.17, 15) is 23.3 Å². The molecule has 0 radical (unpaired) electrons. The Morgan fingerprint density at radius 1 is 1.43 bits per heavy atom. The second-order valence-electron chi connectivity index (χ2n) is 4.20. The van der Waals surface area contributed by atoms with Crippen molar-refractivity contribution >= 4 is 22.7 Å². The molecule has 0 aliphatic rings. The average Bonchev–Trinajstić information content (AvgIpc) is 2.81. The number of non-ortho nitro benzene ring substituents is 1. The molecular weight excluding hydrogens is 307 g/mol. The number of hydrogen-bond acceptors (Lipinski definition) is 5. The first-order valence-electron chi connectivity index (χ1n) is 5.78. The molecule has 1 heterocycles. The Hall–Kier alpha value is -2.16. The molecule has 0 saturated carbocycles. The predicted molar refractivity (Wildman–Crippen MR) is 72.3 cm³/mol. The summed E-state index contributed by atoms with van der Waals surface area (Å²) in [4.78, 5) is 13.9. The predicted octanol–water partition coefficient (Wildman–Crippen LogP) is 3.99. The van der Waals surface area contributed by atoms with Crippen molar-refractivity contribution in [3.8, 4) is 0 Å². The lowest BCUT2D eigenvalue weighted by Gasteiger charge is -2.13. The Morgan fingerprint density at radius 2 is 2.14 bits per heavy atom. The third-order valence-electron chi connectivity index (χ3n) is 2.65. The normalized spacial score (nSPS) is 11.4. The lowest BCUT2D eigenvalue weighted by molar-refractivity contribution is -0.385. The van der Waals surface area contributed by atoms with Gasteiger partial charge in [-0.15, -0.1) is 11.3 Å². The van der Waals surface area contributed by atoms with Crippen LogP contribution in [-0.2, 0) is 12.7 Å². The van der Waals surface area contributed by atoms with Crippen LogP contribution in [0.3, 0.4) is 0 Å². The van der Waals surface area contributed by atoms with E-state index in [4.69, 9.17) is 0 Å². The number of nitro benzene ring substituents is 1. The maximum Gasteiger partial charge on any atom is 0.418 e. The summed E-state index contributed by atoms with van der Waals surface area (Å²) in [5.41, 5.74) is -1.26. The quantitative estimate of drug-likeness (QED) is 0.684. The number of nitrogens with one attached hydrogen (secondary N) is 1. The third-order valence-corrected chi connectivity index (χ3v) is 3.47. The number of benzene rings is 1. The van der Waals surface area contributed by atoms with Gasteiger partial charge < -0.3 is 5.32 Å². The minimum Gasteiger partial charge on any atom is -0.379 e. The van der Waals surface area contributed by atoms with Crippen LogP contribution in [0.25, 0.3) is 0 Å². The molecule has 0 saturated heterocycles. The van der Waals surface area contributed by atoms with Gasteiger partial charge in [-0.1, -0.05) is 0 Å². The van der Waals surface area contributed by atoms with Gasteiger partial charge in [0.05, 0.1) is 27.7 Å². The molecule has 0 bridgehead atoms. The minimum absolute atomic E-state index is 0.116. The van der Waals surface area contributed by atoms with Gasteiger partial charge in [-0.3, -0.25) is 10.1 Å². The van der Waals surface area contributed by atoms with E-state index in [-0.39, 0.29) is 12.2 Å². The third kappa shape index (κ3) is 3.69. The highest BCUT2D eigenvalue weighted by molar-refractivity contribution is 7.09. The molecular formula is C12H10F3N3O2S. The Morgan fingerprint density at radius 3 is 2.67 bits per heavy atom. The van der Waals surface area contributed by atoms with Crippen LogP contribution in [0.15, 0.2) is 23.6 Å². The number of alkyl halides is 3. The van der Waals surface area contributed by atoms with Crippen LogP contribution < -0.4 is 5.32 Å². The van der Waals surface area contributed by atoms with Crippen LogP contribution in [0.5, 0.6) is 0 Å². The van der Waals surface area contributed by atoms with Gasteiger partial charge in [0.2, 0.25) is 0 Å². The fourth-order valence-corrected chi connectivity index (χ4v) is 2.32. The largest absolute Gasteiger partial charge is 0.418 e. The van der Waals surface area contributed by atoms with Crippen LogP contribution in [0.4, 0.5) is 24.5 Å². The van der Waals surface area contributed by atoms with Crippen molar-refractivity contribution in [2.45, 2.75) is 19.6 Å². The lowest BCUT2D eigenvalue weighted by atomic mass is 10.1. The van der Waals surface area contributed by atoms with Crippen molar-refractivity contribution in [3.63, 3.8) is 0 Å². The number of rotatable bonds is 4. The molecule has 1 N–H and O–H groups in total. The molecule has 0 aliphatic carbocycles. The number of aryl methyl sites for hydroxylation is 1. The van der Waals surface area contributed by atoms with Gasteiger partial charge in [-0.2, -0.15) is 13.2 Å². The summed E-state index contributed by atoms with van der Waals surface area (Å²) in [6.45, 7) is 1.91. The van der Waals surface area contributed by atoms with E-state index >= 15 is 0 Å². The van der Waals surface area contributed by atoms with Crippen LogP contribution in [-0.4, -0.2) is 9.91 Å². The highest BCUT2D eigenvalue weighted by atomic mass is 32.1. The molecule has 21 heavy (non-hydrogen) atoms. The lowest BCUT2D eigenvalue weighted by Crippen LogP contribution is -2.11. The van der Waals surface area contributed by atoms with Crippen molar-refractivity contribution in [1.29, 1.82) is 0 Å². The van der Waals surface area contributed by atoms with Gasteiger partial charge in [0.1, 0.15) is 0 Å². The Balaban J connectivity index is 2.27. The van der Waals surface area contributed by atoms with Crippen LogP contribution in [0.2, 0.25) is 0 Å². The number of hydrogen-bond donors (Lipinski definition) is 1. The molecule has 2 rings (SSSR count). The summed E-state index contributed by atoms with van der Waals surface area (Å²) >= 11 is 1.39. The molecule has 0 aliphatic heterocycles. The van der Waals surface area contributed by atoms with Gasteiger partial charge >= 0.3 is 6.18 Å². The van der Waals surface area contributed by atoms with Gasteiger partial charge in [-0.25, -0.2) is 4.98 Å². The maximum atomic E-state index is 12.9. The number of halogens is 3. The van der Waals surface area contributed by atoms with E-state index in [0.29, 0.717) is 11.8 Å². The molecule has 0 amide bonds. The summed E-state index contributed by atoms with van der Waals surface area (Å²) in [6, 6.07) is 2.61. The zero-order chi connectivity index (χ0) is 15.6. The first-order valence-corrected chi connectivity index (χ1v) is 6.66. The average molecular weight is 317 g/mol. The summed E-state index contributed by atoms with van der Waals surface area (Å²) in [5, 5.41) is 15.7.